The van der Waals surface area contributed by atoms with Crippen molar-refractivity contribution in [1.82, 2.24) is 0 Å². The van der Waals surface area contributed by atoms with E-state index in [9.17, 15) is 0 Å². The van der Waals surface area contributed by atoms with Gasteiger partial charge in [-0.25, -0.2) is 0 Å². The van der Waals surface area contributed by atoms with E-state index in [1.807, 2.05) is 0 Å². The first kappa shape index (κ1) is 14.6. The van der Waals surface area contributed by atoms with Crippen LogP contribution in [0.25, 0.3) is 0 Å². The molecule has 0 saturated carbocycles. The van der Waals surface area contributed by atoms with Crippen molar-refractivity contribution in [1.29, 1.82) is 0 Å². The molecule has 0 aromatic heterocycles. The van der Waals surface area contributed by atoms with Gasteiger partial charge in [-0.05, 0) is 36.2 Å². The third-order valence-electron chi connectivity index (χ3n) is 3.69. The van der Waals surface area contributed by atoms with Gasteiger partial charge in [-0.3, -0.25) is 0 Å². The maximum atomic E-state index is 4.77. The molecule has 0 radical (unpaired) electrons. The molecule has 1 heteroatoms. The average molecular weight is 250 g/mol. The van der Waals surface area contributed by atoms with Crippen LogP contribution in [0.3, 0.4) is 0 Å². The average Bonchev–Trinajstić information content (AvgIpc) is 2.29. The van der Waals surface area contributed by atoms with Crippen molar-refractivity contribution in [2.24, 2.45) is 17.8 Å². The van der Waals surface area contributed by atoms with Gasteiger partial charge in [-0.1, -0.05) is 58.0 Å². The van der Waals surface area contributed by atoms with Gasteiger partial charge in [0, 0.05) is 5.25 Å². The highest BCUT2D eigenvalue weighted by Gasteiger charge is 2.26. The lowest BCUT2D eigenvalue weighted by atomic mass is 9.78. The van der Waals surface area contributed by atoms with Gasteiger partial charge in [0.15, 0.2) is 0 Å². The molecule has 0 aliphatic rings. The molecule has 17 heavy (non-hydrogen) atoms. The zero-order chi connectivity index (χ0) is 12.8. The zero-order valence-corrected chi connectivity index (χ0v) is 12.5. The molecule has 1 aromatic carbocycles. The van der Waals surface area contributed by atoms with Gasteiger partial charge >= 0.3 is 0 Å². The van der Waals surface area contributed by atoms with Crippen LogP contribution in [-0.4, -0.2) is 5.25 Å². The molecule has 0 aliphatic carbocycles. The Hall–Kier alpha value is -0.430. The summed E-state index contributed by atoms with van der Waals surface area (Å²) >= 11 is 4.77. The Morgan fingerprint density at radius 2 is 1.65 bits per heavy atom. The lowest BCUT2D eigenvalue weighted by Gasteiger charge is -2.32. The van der Waals surface area contributed by atoms with Gasteiger partial charge < -0.3 is 0 Å². The molecule has 0 heterocycles. The molecule has 0 spiro atoms. The van der Waals surface area contributed by atoms with E-state index < -0.39 is 0 Å². The Morgan fingerprint density at radius 3 is 2.12 bits per heavy atom. The molecule has 0 nitrogen and oxygen atoms in total. The third kappa shape index (κ3) is 4.39. The van der Waals surface area contributed by atoms with Crippen molar-refractivity contribution >= 4 is 12.6 Å². The SMILES string of the molecule is CCC(S)C(C(C)C)C(C)Cc1ccccc1. The second kappa shape index (κ2) is 7.10. The molecule has 1 aromatic rings. The quantitative estimate of drug-likeness (QED) is 0.686. The van der Waals surface area contributed by atoms with Gasteiger partial charge in [0.2, 0.25) is 0 Å². The molecular weight excluding hydrogens is 224 g/mol. The fourth-order valence-electron chi connectivity index (χ4n) is 2.87. The molecule has 0 N–H and O–H groups in total. The molecule has 96 valence electrons. The minimum absolute atomic E-state index is 0.522. The fraction of sp³-hybridized carbons (Fsp3) is 0.625. The predicted molar refractivity (Wildman–Crippen MR) is 80.7 cm³/mol. The van der Waals surface area contributed by atoms with Crippen molar-refractivity contribution in [3.8, 4) is 0 Å². The second-order valence-electron chi connectivity index (χ2n) is 5.46. The van der Waals surface area contributed by atoms with Gasteiger partial charge in [0.05, 0.1) is 0 Å². The molecule has 0 saturated heterocycles. The summed E-state index contributed by atoms with van der Waals surface area (Å²) in [5, 5.41) is 0.522. The van der Waals surface area contributed by atoms with Crippen LogP contribution in [0.1, 0.15) is 39.7 Å². The van der Waals surface area contributed by atoms with Crippen LogP contribution in [0.4, 0.5) is 0 Å². The van der Waals surface area contributed by atoms with E-state index in [2.05, 4.69) is 58.0 Å². The highest BCUT2D eigenvalue weighted by Crippen LogP contribution is 2.31. The van der Waals surface area contributed by atoms with Crippen molar-refractivity contribution in [2.75, 3.05) is 0 Å². The van der Waals surface area contributed by atoms with Crippen LogP contribution in [0.5, 0.6) is 0 Å². The van der Waals surface area contributed by atoms with E-state index in [0.29, 0.717) is 23.0 Å². The Labute approximate surface area is 112 Å². The maximum absolute atomic E-state index is 4.77. The first-order chi connectivity index (χ1) is 8.06. The van der Waals surface area contributed by atoms with Crippen molar-refractivity contribution in [3.63, 3.8) is 0 Å². The molecule has 3 atom stereocenters. The first-order valence-corrected chi connectivity index (χ1v) is 7.29. The Bertz CT molecular complexity index is 305. The second-order valence-corrected chi connectivity index (χ2v) is 6.13. The molecule has 1 rings (SSSR count). The Kier molecular flexibility index (Phi) is 6.11. The van der Waals surface area contributed by atoms with E-state index in [0.717, 1.165) is 6.42 Å². The highest BCUT2D eigenvalue weighted by molar-refractivity contribution is 7.81. The van der Waals surface area contributed by atoms with Crippen LogP contribution in [0, 0.1) is 17.8 Å². The van der Waals surface area contributed by atoms with E-state index in [4.69, 9.17) is 12.6 Å². The van der Waals surface area contributed by atoms with Crippen molar-refractivity contribution < 1.29 is 0 Å². The number of thiol groups is 1. The highest BCUT2D eigenvalue weighted by atomic mass is 32.1. The van der Waals surface area contributed by atoms with Gasteiger partial charge in [0.25, 0.3) is 0 Å². The smallest absolute Gasteiger partial charge is 0.00475 e. The summed E-state index contributed by atoms with van der Waals surface area (Å²) in [7, 11) is 0. The Balaban J connectivity index is 2.69. The number of rotatable bonds is 6. The monoisotopic (exact) mass is 250 g/mol. The summed E-state index contributed by atoms with van der Waals surface area (Å²) in [5.74, 6) is 2.10. The standard InChI is InChI=1S/C16H26S/c1-5-15(17)16(12(2)3)13(4)11-14-9-7-6-8-10-14/h6-10,12-13,15-17H,5,11H2,1-4H3. The lowest BCUT2D eigenvalue weighted by Crippen LogP contribution is -2.28. The van der Waals surface area contributed by atoms with E-state index in [1.165, 1.54) is 12.0 Å². The predicted octanol–water partition coefficient (Wildman–Crippen LogP) is 4.85. The van der Waals surface area contributed by atoms with Crippen LogP contribution in [0.2, 0.25) is 0 Å². The summed E-state index contributed by atoms with van der Waals surface area (Å²) < 4.78 is 0. The summed E-state index contributed by atoms with van der Waals surface area (Å²) in [6.45, 7) is 9.26. The summed E-state index contributed by atoms with van der Waals surface area (Å²) in [4.78, 5) is 0. The van der Waals surface area contributed by atoms with Crippen molar-refractivity contribution in [3.05, 3.63) is 35.9 Å². The number of benzene rings is 1. The molecule has 0 amide bonds. The van der Waals surface area contributed by atoms with Gasteiger partial charge in [-0.15, -0.1) is 0 Å². The first-order valence-electron chi connectivity index (χ1n) is 6.78. The summed E-state index contributed by atoms with van der Waals surface area (Å²) in [6.07, 6.45) is 2.33. The molecule has 0 aliphatic heterocycles. The van der Waals surface area contributed by atoms with E-state index >= 15 is 0 Å². The largest absolute Gasteiger partial charge is 0.176 e. The fourth-order valence-corrected chi connectivity index (χ4v) is 3.51. The van der Waals surface area contributed by atoms with E-state index in [-0.39, 0.29) is 0 Å². The number of hydrogen-bond acceptors (Lipinski definition) is 1. The summed E-state index contributed by atoms with van der Waals surface area (Å²) in [6, 6.07) is 10.8. The van der Waals surface area contributed by atoms with Gasteiger partial charge in [0.1, 0.15) is 0 Å². The normalized spacial score (nSPS) is 16.8. The molecule has 3 unspecified atom stereocenters. The van der Waals surface area contributed by atoms with Crippen LogP contribution >= 0.6 is 12.6 Å². The number of hydrogen-bond donors (Lipinski definition) is 1. The minimum Gasteiger partial charge on any atom is -0.176 e. The topological polar surface area (TPSA) is 0 Å². The molecule has 0 bridgehead atoms. The lowest BCUT2D eigenvalue weighted by molar-refractivity contribution is 0.259. The van der Waals surface area contributed by atoms with Gasteiger partial charge in [-0.2, -0.15) is 12.6 Å². The summed E-state index contributed by atoms with van der Waals surface area (Å²) in [5.41, 5.74) is 1.45. The molecule has 0 fully saturated rings. The van der Waals surface area contributed by atoms with E-state index in [1.54, 1.807) is 0 Å². The van der Waals surface area contributed by atoms with Crippen LogP contribution in [-0.2, 0) is 6.42 Å². The van der Waals surface area contributed by atoms with Crippen LogP contribution in [0.15, 0.2) is 30.3 Å². The zero-order valence-electron chi connectivity index (χ0n) is 11.6. The van der Waals surface area contributed by atoms with Crippen molar-refractivity contribution in [2.45, 2.75) is 45.8 Å². The maximum Gasteiger partial charge on any atom is 0.00475 e. The molecular formula is C16H26S. The van der Waals surface area contributed by atoms with Crippen LogP contribution < -0.4 is 0 Å². The minimum atomic E-state index is 0.522. The third-order valence-corrected chi connectivity index (χ3v) is 4.40. The Morgan fingerprint density at radius 1 is 1.06 bits per heavy atom.